The molecule has 0 aromatic heterocycles. The van der Waals surface area contributed by atoms with Crippen molar-refractivity contribution in [2.75, 3.05) is 7.05 Å². The van der Waals surface area contributed by atoms with Crippen molar-refractivity contribution in [3.8, 4) is 0 Å². The van der Waals surface area contributed by atoms with Gasteiger partial charge < -0.3 is 5.32 Å². The minimum atomic E-state index is -0.969. The van der Waals surface area contributed by atoms with E-state index in [1.54, 1.807) is 6.92 Å². The van der Waals surface area contributed by atoms with Crippen LogP contribution >= 0.6 is 0 Å². The summed E-state index contributed by atoms with van der Waals surface area (Å²) in [4.78, 5) is 12.9. The van der Waals surface area contributed by atoms with Gasteiger partial charge in [-0.15, -0.1) is 0 Å². The first-order valence-electron chi connectivity index (χ1n) is 5.42. The van der Waals surface area contributed by atoms with E-state index < -0.39 is 17.2 Å². The number of benzene rings is 1. The summed E-state index contributed by atoms with van der Waals surface area (Å²) in [6.45, 7) is 1.64. The summed E-state index contributed by atoms with van der Waals surface area (Å²) in [5.74, 6) is -1.76. The third-order valence-electron chi connectivity index (χ3n) is 3.11. The molecule has 1 aromatic carbocycles. The maximum Gasteiger partial charge on any atom is 0.231 e. The molecule has 1 aliphatic heterocycles. The molecule has 96 valence electrons. The van der Waals surface area contributed by atoms with Crippen LogP contribution in [0.5, 0.6) is 0 Å². The molecule has 1 fully saturated rings. The lowest BCUT2D eigenvalue weighted by molar-refractivity contribution is -0.129. The maximum absolute atomic E-state index is 13.2. The lowest BCUT2D eigenvalue weighted by atomic mass is 9.86. The van der Waals surface area contributed by atoms with Gasteiger partial charge >= 0.3 is 0 Å². The van der Waals surface area contributed by atoms with Crippen molar-refractivity contribution in [1.29, 1.82) is 5.41 Å². The molecular formula is C12H13F2N3O. The number of amides is 1. The molecular weight excluding hydrogens is 240 g/mol. The first-order valence-corrected chi connectivity index (χ1v) is 5.42. The van der Waals surface area contributed by atoms with Gasteiger partial charge in [0.15, 0.2) is 5.96 Å². The Labute approximate surface area is 103 Å². The van der Waals surface area contributed by atoms with E-state index in [1.165, 1.54) is 19.2 Å². The second-order valence-corrected chi connectivity index (χ2v) is 4.59. The smallest absolute Gasteiger partial charge is 0.231 e. The monoisotopic (exact) mass is 253 g/mol. The molecule has 1 atom stereocenters. The fourth-order valence-electron chi connectivity index (χ4n) is 1.98. The predicted octanol–water partition coefficient (Wildman–Crippen LogP) is 1.57. The highest BCUT2D eigenvalue weighted by Gasteiger charge is 2.38. The van der Waals surface area contributed by atoms with Gasteiger partial charge in [-0.05, 0) is 24.6 Å². The van der Waals surface area contributed by atoms with Crippen molar-refractivity contribution in [3.63, 3.8) is 0 Å². The number of carbonyl (C=O) groups is 1. The van der Waals surface area contributed by atoms with Gasteiger partial charge in [-0.2, -0.15) is 0 Å². The van der Waals surface area contributed by atoms with Crippen LogP contribution in [0, 0.1) is 17.0 Å². The van der Waals surface area contributed by atoms with Gasteiger partial charge in [0, 0.05) is 13.1 Å². The number of nitrogens with zero attached hydrogens (tertiary/aromatic N) is 1. The van der Waals surface area contributed by atoms with Crippen LogP contribution < -0.4 is 5.32 Å². The summed E-state index contributed by atoms with van der Waals surface area (Å²) in [5, 5.41) is 10.4. The lowest BCUT2D eigenvalue weighted by Gasteiger charge is -2.39. The summed E-state index contributed by atoms with van der Waals surface area (Å²) in [6.07, 6.45) is 0.0365. The van der Waals surface area contributed by atoms with Crippen LogP contribution in [-0.2, 0) is 10.3 Å². The van der Waals surface area contributed by atoms with Crippen LogP contribution in [0.3, 0.4) is 0 Å². The second-order valence-electron chi connectivity index (χ2n) is 4.59. The molecule has 1 saturated heterocycles. The van der Waals surface area contributed by atoms with Crippen LogP contribution in [0.4, 0.5) is 8.78 Å². The quantitative estimate of drug-likeness (QED) is 0.798. The first-order chi connectivity index (χ1) is 8.32. The molecule has 0 unspecified atom stereocenters. The summed E-state index contributed by atoms with van der Waals surface area (Å²) in [7, 11) is 1.48. The van der Waals surface area contributed by atoms with E-state index in [2.05, 4.69) is 5.32 Å². The first kappa shape index (κ1) is 12.5. The third kappa shape index (κ3) is 2.05. The predicted molar refractivity (Wildman–Crippen MR) is 62.0 cm³/mol. The fourth-order valence-corrected chi connectivity index (χ4v) is 1.98. The Bertz CT molecular complexity index is 492. The van der Waals surface area contributed by atoms with Gasteiger partial charge in [0.25, 0.3) is 0 Å². The number of carbonyl (C=O) groups excluding carboxylic acids is 1. The molecule has 1 aromatic rings. The molecule has 1 heterocycles. The number of nitrogens with one attached hydrogen (secondary N) is 2. The van der Waals surface area contributed by atoms with Crippen molar-refractivity contribution in [1.82, 2.24) is 10.2 Å². The van der Waals surface area contributed by atoms with Crippen molar-refractivity contribution in [2.24, 2.45) is 0 Å². The molecule has 0 bridgehead atoms. The Hall–Kier alpha value is -1.98. The normalized spacial score (nSPS) is 24.1. The summed E-state index contributed by atoms with van der Waals surface area (Å²) in [5.41, 5.74) is -0.657. The minimum Gasteiger partial charge on any atom is -0.346 e. The Balaban J connectivity index is 2.42. The summed E-state index contributed by atoms with van der Waals surface area (Å²) in [6, 6.07) is 3.11. The molecule has 0 spiro atoms. The molecule has 18 heavy (non-hydrogen) atoms. The summed E-state index contributed by atoms with van der Waals surface area (Å²) >= 11 is 0. The van der Waals surface area contributed by atoms with Crippen molar-refractivity contribution in [3.05, 3.63) is 35.4 Å². The highest BCUT2D eigenvalue weighted by Crippen LogP contribution is 2.29. The fraction of sp³-hybridized carbons (Fsp3) is 0.333. The van der Waals surface area contributed by atoms with Crippen LogP contribution in [0.1, 0.15) is 18.9 Å². The highest BCUT2D eigenvalue weighted by molar-refractivity contribution is 5.98. The molecule has 1 amide bonds. The largest absolute Gasteiger partial charge is 0.346 e. The zero-order valence-corrected chi connectivity index (χ0v) is 10.1. The van der Waals surface area contributed by atoms with E-state index in [4.69, 9.17) is 5.41 Å². The van der Waals surface area contributed by atoms with E-state index in [1.807, 2.05) is 0 Å². The zero-order valence-electron chi connectivity index (χ0n) is 10.1. The molecule has 2 rings (SSSR count). The topological polar surface area (TPSA) is 56.2 Å². The van der Waals surface area contributed by atoms with Gasteiger partial charge in [-0.3, -0.25) is 15.1 Å². The SMILES string of the molecule is CN1C(=N)N[C@](C)(c2cc(F)cc(F)c2)CC1=O. The van der Waals surface area contributed by atoms with Crippen LogP contribution in [-0.4, -0.2) is 23.8 Å². The van der Waals surface area contributed by atoms with E-state index in [0.717, 1.165) is 11.0 Å². The zero-order chi connectivity index (χ0) is 13.5. The molecule has 1 aliphatic rings. The lowest BCUT2D eigenvalue weighted by Crippen LogP contribution is -2.58. The van der Waals surface area contributed by atoms with E-state index in [9.17, 15) is 13.6 Å². The van der Waals surface area contributed by atoms with Gasteiger partial charge in [0.05, 0.1) is 12.0 Å². The van der Waals surface area contributed by atoms with Gasteiger partial charge in [0.2, 0.25) is 5.91 Å². The van der Waals surface area contributed by atoms with E-state index in [-0.39, 0.29) is 18.3 Å². The second kappa shape index (κ2) is 4.04. The number of rotatable bonds is 1. The van der Waals surface area contributed by atoms with Gasteiger partial charge in [0.1, 0.15) is 11.6 Å². The molecule has 0 saturated carbocycles. The maximum atomic E-state index is 13.2. The highest BCUT2D eigenvalue weighted by atomic mass is 19.1. The Morgan fingerprint density at radius 3 is 2.39 bits per heavy atom. The summed E-state index contributed by atoms with van der Waals surface area (Å²) < 4.78 is 26.4. The van der Waals surface area contributed by atoms with E-state index in [0.29, 0.717) is 5.56 Å². The van der Waals surface area contributed by atoms with Crippen molar-refractivity contribution in [2.45, 2.75) is 18.9 Å². The average molecular weight is 253 g/mol. The Morgan fingerprint density at radius 2 is 1.89 bits per heavy atom. The third-order valence-corrected chi connectivity index (χ3v) is 3.11. The number of halogens is 2. The standard InChI is InChI=1S/C12H13F2N3O/c1-12(6-10(18)17(2)11(15)16-12)7-3-8(13)5-9(14)4-7/h3-5H,6H2,1-2H3,(H2,15,16)/t12-/m0/s1. The van der Waals surface area contributed by atoms with Crippen molar-refractivity contribution < 1.29 is 13.6 Å². The van der Waals surface area contributed by atoms with Gasteiger partial charge in [-0.25, -0.2) is 8.78 Å². The van der Waals surface area contributed by atoms with Gasteiger partial charge in [-0.1, -0.05) is 0 Å². The Kier molecular flexibility index (Phi) is 2.80. The molecule has 0 aliphatic carbocycles. The molecule has 4 nitrogen and oxygen atoms in total. The van der Waals surface area contributed by atoms with Crippen LogP contribution in [0.2, 0.25) is 0 Å². The molecule has 0 radical (unpaired) electrons. The number of hydrogen-bond donors (Lipinski definition) is 2. The number of hydrogen-bond acceptors (Lipinski definition) is 2. The van der Waals surface area contributed by atoms with Crippen molar-refractivity contribution >= 4 is 11.9 Å². The van der Waals surface area contributed by atoms with Crippen LogP contribution in [0.15, 0.2) is 18.2 Å². The molecule has 2 N–H and O–H groups in total. The minimum absolute atomic E-state index is 0.0365. The van der Waals surface area contributed by atoms with E-state index >= 15 is 0 Å². The average Bonchev–Trinajstić information content (AvgIpc) is 2.24. The molecule has 6 heteroatoms. The van der Waals surface area contributed by atoms with Crippen LogP contribution in [0.25, 0.3) is 0 Å². The Morgan fingerprint density at radius 1 is 1.33 bits per heavy atom. The number of guanidine groups is 1.